The molecule has 33 heavy (non-hydrogen) atoms. The molecular formula is C24H21N3O4S2. The number of thiazole rings is 1. The number of fused-ring (bicyclic) bond motifs is 1. The van der Waals surface area contributed by atoms with Crippen molar-refractivity contribution in [3.8, 4) is 22.8 Å². The fourth-order valence-electron chi connectivity index (χ4n) is 3.47. The van der Waals surface area contributed by atoms with E-state index in [4.69, 9.17) is 14.0 Å². The lowest BCUT2D eigenvalue weighted by Crippen LogP contribution is -2.15. The van der Waals surface area contributed by atoms with E-state index in [-0.39, 0.29) is 5.91 Å². The van der Waals surface area contributed by atoms with E-state index in [0.717, 1.165) is 38.9 Å². The first-order valence-corrected chi connectivity index (χ1v) is 12.3. The summed E-state index contributed by atoms with van der Waals surface area (Å²) in [4.78, 5) is 18.5. The number of thioether (sulfide) groups is 1. The minimum atomic E-state index is -0.195. The lowest BCUT2D eigenvalue weighted by molar-refractivity contribution is 0.102. The maximum absolute atomic E-state index is 13.0. The summed E-state index contributed by atoms with van der Waals surface area (Å²) in [6, 6.07) is 13.3. The SMILES string of the molecule is Cc1noc(C)c1CSc1ccccc1C(=O)Nc1nc(-c2ccc3c(c2)OCCO3)cs1. The summed E-state index contributed by atoms with van der Waals surface area (Å²) in [7, 11) is 0. The number of rotatable bonds is 6. The summed E-state index contributed by atoms with van der Waals surface area (Å²) < 4.78 is 16.5. The number of carbonyl (C=O) groups is 1. The van der Waals surface area contributed by atoms with Gasteiger partial charge in [-0.15, -0.1) is 23.1 Å². The number of hydrogen-bond acceptors (Lipinski definition) is 8. The summed E-state index contributed by atoms with van der Waals surface area (Å²) >= 11 is 2.97. The molecule has 0 bridgehead atoms. The van der Waals surface area contributed by atoms with Gasteiger partial charge in [-0.2, -0.15) is 0 Å². The lowest BCUT2D eigenvalue weighted by atomic mass is 10.1. The number of aryl methyl sites for hydroxylation is 2. The molecule has 0 atom stereocenters. The predicted octanol–water partition coefficient (Wildman–Crippen LogP) is 5.73. The summed E-state index contributed by atoms with van der Waals surface area (Å²) in [5, 5.41) is 9.39. The Morgan fingerprint density at radius 2 is 1.94 bits per heavy atom. The van der Waals surface area contributed by atoms with Crippen LogP contribution in [-0.2, 0) is 5.75 Å². The van der Waals surface area contributed by atoms with Crippen LogP contribution in [0.25, 0.3) is 11.3 Å². The normalized spacial score (nSPS) is 12.5. The van der Waals surface area contributed by atoms with Crippen molar-refractivity contribution in [3.05, 3.63) is 70.4 Å². The highest BCUT2D eigenvalue weighted by Crippen LogP contribution is 2.35. The quantitative estimate of drug-likeness (QED) is 0.353. The van der Waals surface area contributed by atoms with Gasteiger partial charge in [0.2, 0.25) is 0 Å². The van der Waals surface area contributed by atoms with Gasteiger partial charge < -0.3 is 14.0 Å². The Kier molecular flexibility index (Phi) is 6.06. The number of aromatic nitrogens is 2. The predicted molar refractivity (Wildman–Crippen MR) is 128 cm³/mol. The Hall–Kier alpha value is -3.30. The Labute approximate surface area is 199 Å². The van der Waals surface area contributed by atoms with Crippen molar-refractivity contribution < 1.29 is 18.8 Å². The van der Waals surface area contributed by atoms with Crippen LogP contribution < -0.4 is 14.8 Å². The highest BCUT2D eigenvalue weighted by molar-refractivity contribution is 7.98. The summed E-state index contributed by atoms with van der Waals surface area (Å²) in [6.45, 7) is 4.91. The smallest absolute Gasteiger partial charge is 0.258 e. The molecule has 1 aliphatic rings. The number of benzene rings is 2. The highest BCUT2D eigenvalue weighted by atomic mass is 32.2. The number of ether oxygens (including phenoxy) is 2. The van der Waals surface area contributed by atoms with Gasteiger partial charge in [0, 0.05) is 27.2 Å². The molecule has 1 amide bonds. The lowest BCUT2D eigenvalue weighted by Gasteiger charge is -2.18. The van der Waals surface area contributed by atoms with Crippen LogP contribution in [0.5, 0.6) is 11.5 Å². The largest absolute Gasteiger partial charge is 0.486 e. The molecule has 1 aliphatic heterocycles. The van der Waals surface area contributed by atoms with E-state index < -0.39 is 0 Å². The maximum Gasteiger partial charge on any atom is 0.258 e. The zero-order chi connectivity index (χ0) is 22.8. The maximum atomic E-state index is 13.0. The van der Waals surface area contributed by atoms with Gasteiger partial charge in [-0.05, 0) is 44.2 Å². The summed E-state index contributed by atoms with van der Waals surface area (Å²) in [5.41, 5.74) is 4.21. The second-order valence-electron chi connectivity index (χ2n) is 7.44. The molecule has 0 saturated carbocycles. The van der Waals surface area contributed by atoms with E-state index in [0.29, 0.717) is 35.4 Å². The van der Waals surface area contributed by atoms with Crippen LogP contribution in [0.2, 0.25) is 0 Å². The number of amides is 1. The molecule has 7 nitrogen and oxygen atoms in total. The Morgan fingerprint density at radius 3 is 2.76 bits per heavy atom. The average Bonchev–Trinajstić information content (AvgIpc) is 3.43. The van der Waals surface area contributed by atoms with Crippen LogP contribution in [0.1, 0.15) is 27.4 Å². The number of nitrogens with zero attached hydrogens (tertiary/aromatic N) is 2. The number of hydrogen-bond donors (Lipinski definition) is 1. The van der Waals surface area contributed by atoms with Crippen LogP contribution in [0.3, 0.4) is 0 Å². The molecule has 2 aromatic carbocycles. The van der Waals surface area contributed by atoms with Gasteiger partial charge in [-0.25, -0.2) is 4.98 Å². The first-order chi connectivity index (χ1) is 16.1. The number of carbonyl (C=O) groups excluding carboxylic acids is 1. The molecule has 0 aliphatic carbocycles. The van der Waals surface area contributed by atoms with Crippen LogP contribution >= 0.6 is 23.1 Å². The van der Waals surface area contributed by atoms with E-state index >= 15 is 0 Å². The summed E-state index contributed by atoms with van der Waals surface area (Å²) in [5.74, 6) is 2.73. The number of anilines is 1. The van der Waals surface area contributed by atoms with Crippen LogP contribution in [0.4, 0.5) is 5.13 Å². The molecule has 3 heterocycles. The second kappa shape index (κ2) is 9.29. The molecule has 0 fully saturated rings. The monoisotopic (exact) mass is 479 g/mol. The molecule has 0 unspecified atom stereocenters. The first kappa shape index (κ1) is 21.5. The van der Waals surface area contributed by atoms with E-state index in [1.807, 2.05) is 61.7 Å². The molecule has 0 saturated heterocycles. The van der Waals surface area contributed by atoms with E-state index in [1.54, 1.807) is 11.8 Å². The topological polar surface area (TPSA) is 86.5 Å². The van der Waals surface area contributed by atoms with Crippen LogP contribution in [0, 0.1) is 13.8 Å². The third-order valence-corrected chi connectivity index (χ3v) is 7.11. The molecule has 5 rings (SSSR count). The van der Waals surface area contributed by atoms with Gasteiger partial charge >= 0.3 is 0 Å². The summed E-state index contributed by atoms with van der Waals surface area (Å²) in [6.07, 6.45) is 0. The molecule has 0 radical (unpaired) electrons. The third-order valence-electron chi connectivity index (χ3n) is 5.25. The average molecular weight is 480 g/mol. The van der Waals surface area contributed by atoms with Gasteiger partial charge in [0.15, 0.2) is 16.6 Å². The van der Waals surface area contributed by atoms with Gasteiger partial charge in [-0.1, -0.05) is 17.3 Å². The molecule has 0 spiro atoms. The zero-order valence-corrected chi connectivity index (χ0v) is 19.7. The van der Waals surface area contributed by atoms with Gasteiger partial charge in [0.1, 0.15) is 19.0 Å². The Bertz CT molecular complexity index is 1300. The van der Waals surface area contributed by atoms with Crippen molar-refractivity contribution in [2.24, 2.45) is 0 Å². The van der Waals surface area contributed by atoms with Gasteiger partial charge in [0.25, 0.3) is 5.91 Å². The number of nitrogens with one attached hydrogen (secondary N) is 1. The second-order valence-corrected chi connectivity index (χ2v) is 9.31. The minimum absolute atomic E-state index is 0.195. The van der Waals surface area contributed by atoms with Crippen LogP contribution in [-0.4, -0.2) is 29.3 Å². The van der Waals surface area contributed by atoms with Crippen molar-refractivity contribution >= 4 is 34.1 Å². The molecule has 168 valence electrons. The van der Waals surface area contributed by atoms with E-state index in [1.165, 1.54) is 11.3 Å². The molecule has 2 aromatic heterocycles. The van der Waals surface area contributed by atoms with Crippen molar-refractivity contribution in [2.75, 3.05) is 18.5 Å². The van der Waals surface area contributed by atoms with Gasteiger partial charge in [-0.3, -0.25) is 10.1 Å². The highest BCUT2D eigenvalue weighted by Gasteiger charge is 2.17. The Balaban J connectivity index is 1.30. The van der Waals surface area contributed by atoms with Crippen molar-refractivity contribution in [1.29, 1.82) is 0 Å². The molecule has 4 aromatic rings. The standard InChI is InChI=1S/C24H21N3O4S2/c1-14-18(15(2)31-27-14)12-32-22-6-4-3-5-17(22)23(28)26-24-25-19(13-33-24)16-7-8-20-21(11-16)30-10-9-29-20/h3-8,11,13H,9-10,12H2,1-2H3,(H,25,26,28). The van der Waals surface area contributed by atoms with Crippen molar-refractivity contribution in [3.63, 3.8) is 0 Å². The molecule has 1 N–H and O–H groups in total. The van der Waals surface area contributed by atoms with Gasteiger partial charge in [0.05, 0.1) is 17.0 Å². The van der Waals surface area contributed by atoms with Crippen molar-refractivity contribution in [1.82, 2.24) is 10.1 Å². The zero-order valence-electron chi connectivity index (χ0n) is 18.1. The fourth-order valence-corrected chi connectivity index (χ4v) is 5.39. The van der Waals surface area contributed by atoms with Crippen molar-refractivity contribution in [2.45, 2.75) is 24.5 Å². The molecular weight excluding hydrogens is 458 g/mol. The minimum Gasteiger partial charge on any atom is -0.486 e. The first-order valence-electron chi connectivity index (χ1n) is 10.4. The van der Waals surface area contributed by atoms with E-state index in [2.05, 4.69) is 15.5 Å². The van der Waals surface area contributed by atoms with E-state index in [9.17, 15) is 4.79 Å². The Morgan fingerprint density at radius 1 is 1.12 bits per heavy atom. The third kappa shape index (κ3) is 4.60. The van der Waals surface area contributed by atoms with Crippen LogP contribution in [0.15, 0.2) is 57.3 Å². The fraction of sp³-hybridized carbons (Fsp3) is 0.208. The molecule has 9 heteroatoms.